The van der Waals surface area contributed by atoms with Crippen LogP contribution in [-0.4, -0.2) is 44.1 Å². The molecule has 0 bridgehead atoms. The van der Waals surface area contributed by atoms with Crippen LogP contribution in [0.15, 0.2) is 42.5 Å². The Kier molecular flexibility index (Phi) is 7.68. The Morgan fingerprint density at radius 1 is 1.00 bits per heavy atom. The number of hydrogen-bond donors (Lipinski definition) is 2. The molecule has 2 aromatic rings. The molecule has 2 aromatic carbocycles. The third kappa shape index (κ3) is 5.64. The van der Waals surface area contributed by atoms with Crippen molar-refractivity contribution in [2.24, 2.45) is 0 Å². The van der Waals surface area contributed by atoms with E-state index in [-0.39, 0.29) is 11.9 Å². The Bertz CT molecular complexity index is 806. The summed E-state index contributed by atoms with van der Waals surface area (Å²) >= 11 is 0. The van der Waals surface area contributed by atoms with E-state index >= 15 is 0 Å². The van der Waals surface area contributed by atoms with Crippen molar-refractivity contribution >= 4 is 17.6 Å². The number of benzene rings is 2. The molecule has 0 saturated carbocycles. The molecule has 150 valence electrons. The second-order valence-electron chi connectivity index (χ2n) is 6.09. The van der Waals surface area contributed by atoms with Gasteiger partial charge in [0.05, 0.1) is 18.9 Å². The molecular formula is C21H27N3O4. The number of amides is 3. The lowest BCUT2D eigenvalue weighted by atomic mass is 10.1. The zero-order valence-corrected chi connectivity index (χ0v) is 16.7. The molecule has 0 saturated heterocycles. The number of rotatable bonds is 8. The molecule has 0 aliphatic heterocycles. The summed E-state index contributed by atoms with van der Waals surface area (Å²) in [5.41, 5.74) is 2.05. The van der Waals surface area contributed by atoms with E-state index in [1.54, 1.807) is 43.3 Å². The van der Waals surface area contributed by atoms with Crippen molar-refractivity contribution < 1.29 is 19.1 Å². The van der Waals surface area contributed by atoms with Crippen molar-refractivity contribution in [1.29, 1.82) is 0 Å². The summed E-state index contributed by atoms with van der Waals surface area (Å²) in [6.45, 7) is 5.21. The molecule has 7 nitrogen and oxygen atoms in total. The highest BCUT2D eigenvalue weighted by molar-refractivity contribution is 5.94. The van der Waals surface area contributed by atoms with Gasteiger partial charge in [-0.25, -0.2) is 4.79 Å². The molecule has 0 atom stereocenters. The van der Waals surface area contributed by atoms with E-state index < -0.39 is 0 Å². The van der Waals surface area contributed by atoms with E-state index in [4.69, 9.17) is 9.47 Å². The number of anilines is 1. The van der Waals surface area contributed by atoms with Crippen LogP contribution in [0, 0.1) is 0 Å². The third-order valence-corrected chi connectivity index (χ3v) is 4.01. The lowest BCUT2D eigenvalue weighted by molar-refractivity contribution is 0.0963. The van der Waals surface area contributed by atoms with Gasteiger partial charge in [-0.3, -0.25) is 4.79 Å². The first-order chi connectivity index (χ1) is 13.5. The average Bonchev–Trinajstić information content (AvgIpc) is 2.70. The molecule has 28 heavy (non-hydrogen) atoms. The van der Waals surface area contributed by atoms with E-state index in [1.807, 2.05) is 32.0 Å². The standard InChI is InChI=1S/C21H27N3O4/c1-5-27-17-11-12-19(28-6-2)18(13-17)23-21(26)24(4)14-15-7-9-16(10-8-15)20(25)22-3/h7-13H,5-6,14H2,1-4H3,(H,22,25)(H,23,26). The predicted molar refractivity (Wildman–Crippen MR) is 109 cm³/mol. The highest BCUT2D eigenvalue weighted by Crippen LogP contribution is 2.29. The number of nitrogens with one attached hydrogen (secondary N) is 2. The SMILES string of the molecule is CCOc1ccc(OCC)c(NC(=O)N(C)Cc2ccc(C(=O)NC)cc2)c1. The maximum Gasteiger partial charge on any atom is 0.321 e. The van der Waals surface area contributed by atoms with Crippen molar-refractivity contribution in [3.05, 3.63) is 53.6 Å². The first kappa shape index (κ1) is 21.1. The number of ether oxygens (including phenoxy) is 2. The van der Waals surface area contributed by atoms with E-state index in [0.29, 0.717) is 42.5 Å². The molecule has 0 radical (unpaired) electrons. The second-order valence-corrected chi connectivity index (χ2v) is 6.09. The highest BCUT2D eigenvalue weighted by atomic mass is 16.5. The topological polar surface area (TPSA) is 79.9 Å². The minimum atomic E-state index is -0.273. The fraction of sp³-hybridized carbons (Fsp3) is 0.333. The molecule has 0 unspecified atom stereocenters. The molecule has 0 heterocycles. The van der Waals surface area contributed by atoms with E-state index in [0.717, 1.165) is 5.56 Å². The van der Waals surface area contributed by atoms with Crippen LogP contribution >= 0.6 is 0 Å². The first-order valence-corrected chi connectivity index (χ1v) is 9.21. The number of carbonyl (C=O) groups excluding carboxylic acids is 2. The molecular weight excluding hydrogens is 358 g/mol. The van der Waals surface area contributed by atoms with Crippen LogP contribution in [0.25, 0.3) is 0 Å². The third-order valence-electron chi connectivity index (χ3n) is 4.01. The van der Waals surface area contributed by atoms with Crippen LogP contribution in [0.2, 0.25) is 0 Å². The normalized spacial score (nSPS) is 10.1. The fourth-order valence-electron chi connectivity index (χ4n) is 2.61. The smallest absolute Gasteiger partial charge is 0.321 e. The summed E-state index contributed by atoms with van der Waals surface area (Å²) in [6, 6.07) is 12.2. The van der Waals surface area contributed by atoms with Gasteiger partial charge in [0.1, 0.15) is 11.5 Å². The van der Waals surface area contributed by atoms with Crippen LogP contribution in [0.1, 0.15) is 29.8 Å². The molecule has 2 rings (SSSR count). The minimum Gasteiger partial charge on any atom is -0.494 e. The number of carbonyl (C=O) groups is 2. The molecule has 0 fully saturated rings. The molecule has 0 spiro atoms. The van der Waals surface area contributed by atoms with E-state index in [1.165, 1.54) is 0 Å². The zero-order valence-electron chi connectivity index (χ0n) is 16.7. The Morgan fingerprint density at radius 2 is 1.68 bits per heavy atom. The number of hydrogen-bond acceptors (Lipinski definition) is 4. The molecule has 2 N–H and O–H groups in total. The van der Waals surface area contributed by atoms with E-state index in [9.17, 15) is 9.59 Å². The first-order valence-electron chi connectivity index (χ1n) is 9.21. The predicted octanol–water partition coefficient (Wildman–Crippen LogP) is 3.51. The van der Waals surface area contributed by atoms with Gasteiger partial charge in [0.25, 0.3) is 5.91 Å². The van der Waals surface area contributed by atoms with Crippen LogP contribution in [0.5, 0.6) is 11.5 Å². The van der Waals surface area contributed by atoms with Gasteiger partial charge in [-0.2, -0.15) is 0 Å². The van der Waals surface area contributed by atoms with E-state index in [2.05, 4.69) is 10.6 Å². The maximum absolute atomic E-state index is 12.6. The molecule has 0 aliphatic rings. The quantitative estimate of drug-likeness (QED) is 0.729. The number of nitrogens with zero attached hydrogens (tertiary/aromatic N) is 1. The summed E-state index contributed by atoms with van der Waals surface area (Å²) in [5.74, 6) is 1.10. The number of urea groups is 1. The van der Waals surface area contributed by atoms with Gasteiger partial charge < -0.3 is 25.0 Å². The highest BCUT2D eigenvalue weighted by Gasteiger charge is 2.14. The van der Waals surface area contributed by atoms with Crippen LogP contribution in [0.4, 0.5) is 10.5 Å². The van der Waals surface area contributed by atoms with Gasteiger partial charge in [0.15, 0.2) is 0 Å². The lowest BCUT2D eigenvalue weighted by Crippen LogP contribution is -2.31. The summed E-state index contributed by atoms with van der Waals surface area (Å²) in [7, 11) is 3.29. The molecule has 0 aromatic heterocycles. The fourth-order valence-corrected chi connectivity index (χ4v) is 2.61. The van der Waals surface area contributed by atoms with Gasteiger partial charge in [-0.15, -0.1) is 0 Å². The summed E-state index contributed by atoms with van der Waals surface area (Å²) in [4.78, 5) is 25.8. The Morgan fingerprint density at radius 3 is 2.29 bits per heavy atom. The van der Waals surface area contributed by atoms with Crippen molar-refractivity contribution in [2.45, 2.75) is 20.4 Å². The summed E-state index contributed by atoms with van der Waals surface area (Å²) in [5, 5.41) is 5.45. The van der Waals surface area contributed by atoms with Crippen LogP contribution in [0.3, 0.4) is 0 Å². The van der Waals surface area contributed by atoms with Crippen molar-refractivity contribution in [1.82, 2.24) is 10.2 Å². The van der Waals surface area contributed by atoms with Gasteiger partial charge in [-0.05, 0) is 43.7 Å². The minimum absolute atomic E-state index is 0.143. The van der Waals surface area contributed by atoms with Gasteiger partial charge in [0.2, 0.25) is 0 Å². The molecule has 0 aliphatic carbocycles. The monoisotopic (exact) mass is 385 g/mol. The Labute approximate surface area is 165 Å². The lowest BCUT2D eigenvalue weighted by Gasteiger charge is -2.20. The molecule has 7 heteroatoms. The van der Waals surface area contributed by atoms with Crippen molar-refractivity contribution in [3.8, 4) is 11.5 Å². The summed E-state index contributed by atoms with van der Waals surface area (Å²) in [6.07, 6.45) is 0. The van der Waals surface area contributed by atoms with Crippen LogP contribution in [-0.2, 0) is 6.54 Å². The van der Waals surface area contributed by atoms with Gasteiger partial charge in [-0.1, -0.05) is 12.1 Å². The van der Waals surface area contributed by atoms with Gasteiger partial charge >= 0.3 is 6.03 Å². The average molecular weight is 385 g/mol. The molecule has 3 amide bonds. The van der Waals surface area contributed by atoms with Gasteiger partial charge in [0, 0.05) is 32.3 Å². The largest absolute Gasteiger partial charge is 0.494 e. The Balaban J connectivity index is 2.07. The van der Waals surface area contributed by atoms with Crippen molar-refractivity contribution in [3.63, 3.8) is 0 Å². The van der Waals surface area contributed by atoms with Crippen LogP contribution < -0.4 is 20.1 Å². The second kappa shape index (κ2) is 10.2. The maximum atomic E-state index is 12.6. The van der Waals surface area contributed by atoms with Crippen molar-refractivity contribution in [2.75, 3.05) is 32.6 Å². The Hall–Kier alpha value is -3.22. The summed E-state index contributed by atoms with van der Waals surface area (Å²) < 4.78 is 11.1. The zero-order chi connectivity index (χ0) is 20.5.